The van der Waals surface area contributed by atoms with Gasteiger partial charge in [0, 0.05) is 12.7 Å². The first-order chi connectivity index (χ1) is 11.9. The third kappa shape index (κ3) is 3.96. The molecule has 0 spiro atoms. The van der Waals surface area contributed by atoms with Crippen LogP contribution in [0.25, 0.3) is 0 Å². The minimum absolute atomic E-state index is 0.313. The molecule has 0 aliphatic heterocycles. The van der Waals surface area contributed by atoms with Gasteiger partial charge in [0.25, 0.3) is 0 Å². The molecule has 0 bridgehead atoms. The fraction of sp³-hybridized carbons (Fsp3) is 0.500. The van der Waals surface area contributed by atoms with Crippen LogP contribution < -0.4 is 4.74 Å². The first-order valence-corrected chi connectivity index (χ1v) is 9.33. The van der Waals surface area contributed by atoms with E-state index in [1.165, 1.54) is 38.9 Å². The van der Waals surface area contributed by atoms with Gasteiger partial charge in [0.15, 0.2) is 0 Å². The van der Waals surface area contributed by atoms with E-state index in [1.54, 1.807) is 7.11 Å². The van der Waals surface area contributed by atoms with E-state index in [9.17, 15) is 0 Å². The molecule has 0 unspecified atom stereocenters. The monoisotopic (exact) mass is 354 g/mol. The molecule has 2 nitrogen and oxygen atoms in total. The van der Waals surface area contributed by atoms with E-state index in [2.05, 4.69) is 86.6 Å². The Balaban J connectivity index is 2.46. The lowest BCUT2D eigenvalue weighted by Crippen LogP contribution is -2.28. The van der Waals surface area contributed by atoms with Gasteiger partial charge < -0.3 is 9.47 Å². The van der Waals surface area contributed by atoms with Crippen molar-refractivity contribution in [2.45, 2.75) is 73.5 Å². The Morgan fingerprint density at radius 3 is 1.42 bits per heavy atom. The number of benzene rings is 2. The van der Waals surface area contributed by atoms with Crippen LogP contribution in [0.15, 0.2) is 24.3 Å². The van der Waals surface area contributed by atoms with E-state index in [4.69, 9.17) is 9.47 Å². The molecule has 0 saturated heterocycles. The topological polar surface area (TPSA) is 18.5 Å². The van der Waals surface area contributed by atoms with Crippen molar-refractivity contribution in [1.29, 1.82) is 0 Å². The molecule has 0 heterocycles. The lowest BCUT2D eigenvalue weighted by Gasteiger charge is -2.32. The van der Waals surface area contributed by atoms with Crippen LogP contribution in [0.4, 0.5) is 0 Å². The van der Waals surface area contributed by atoms with Crippen molar-refractivity contribution >= 4 is 0 Å². The second kappa shape index (κ2) is 7.08. The summed E-state index contributed by atoms with van der Waals surface area (Å²) in [5.74, 6) is 0.903. The van der Waals surface area contributed by atoms with Gasteiger partial charge >= 0.3 is 0 Å². The zero-order valence-corrected chi connectivity index (χ0v) is 18.1. The van der Waals surface area contributed by atoms with Crippen molar-refractivity contribution in [3.63, 3.8) is 0 Å². The van der Waals surface area contributed by atoms with Crippen molar-refractivity contribution < 1.29 is 9.47 Å². The second-order valence-corrected chi connectivity index (χ2v) is 8.53. The molecule has 2 heteroatoms. The first-order valence-electron chi connectivity index (χ1n) is 9.33. The van der Waals surface area contributed by atoms with Crippen LogP contribution in [-0.4, -0.2) is 7.11 Å². The molecule has 0 fully saturated rings. The van der Waals surface area contributed by atoms with Gasteiger partial charge in [-0.25, -0.2) is 0 Å². The molecule has 0 aromatic heterocycles. The van der Waals surface area contributed by atoms with Gasteiger partial charge in [-0.2, -0.15) is 0 Å². The minimum atomic E-state index is -0.404. The summed E-state index contributed by atoms with van der Waals surface area (Å²) in [5, 5.41) is 0. The maximum absolute atomic E-state index is 6.51. The van der Waals surface area contributed by atoms with Crippen LogP contribution in [-0.2, 0) is 15.9 Å². The summed E-state index contributed by atoms with van der Waals surface area (Å²) in [5.41, 5.74) is 8.01. The lowest BCUT2D eigenvalue weighted by atomic mass is 9.87. The highest BCUT2D eigenvalue weighted by Gasteiger charge is 2.29. The number of aryl methyl sites for hydroxylation is 5. The van der Waals surface area contributed by atoms with E-state index in [1.807, 2.05) is 0 Å². The van der Waals surface area contributed by atoms with Gasteiger partial charge in [-0.05, 0) is 102 Å². The Bertz CT molecular complexity index is 767. The van der Waals surface area contributed by atoms with E-state index >= 15 is 0 Å². The summed E-state index contributed by atoms with van der Waals surface area (Å²) in [7, 11) is 1.76. The van der Waals surface area contributed by atoms with Crippen LogP contribution in [0.2, 0.25) is 0 Å². The van der Waals surface area contributed by atoms with Gasteiger partial charge in [-0.15, -0.1) is 0 Å². The van der Waals surface area contributed by atoms with Crippen molar-refractivity contribution in [2.24, 2.45) is 0 Å². The Morgan fingerprint density at radius 2 is 1.00 bits per heavy atom. The lowest BCUT2D eigenvalue weighted by molar-refractivity contribution is 0.0180. The van der Waals surface area contributed by atoms with E-state index < -0.39 is 5.60 Å². The summed E-state index contributed by atoms with van der Waals surface area (Å²) < 4.78 is 12.2. The van der Waals surface area contributed by atoms with Crippen LogP contribution in [0.3, 0.4) is 0 Å². The maximum atomic E-state index is 6.51. The van der Waals surface area contributed by atoms with Gasteiger partial charge in [-0.3, -0.25) is 0 Å². The van der Waals surface area contributed by atoms with Crippen LogP contribution in [0, 0.1) is 34.6 Å². The molecule has 0 saturated carbocycles. The quantitative estimate of drug-likeness (QED) is 0.616. The highest BCUT2D eigenvalue weighted by Crippen LogP contribution is 2.37. The SMILES string of the molecule is COC(C)(C)c1c(C)cc(OC(C)(C)c2c(C)cc(C)cc2C)cc1C. The Morgan fingerprint density at radius 1 is 0.615 bits per heavy atom. The fourth-order valence-electron chi connectivity index (χ4n) is 4.51. The Hall–Kier alpha value is -1.80. The van der Waals surface area contributed by atoms with Crippen molar-refractivity contribution in [1.82, 2.24) is 0 Å². The molecule has 26 heavy (non-hydrogen) atoms. The number of ether oxygens (including phenoxy) is 2. The van der Waals surface area contributed by atoms with Gasteiger partial charge in [0.05, 0.1) is 5.60 Å². The Labute approximate surface area is 159 Å². The molecule has 2 aromatic rings. The number of methoxy groups -OCH3 is 1. The zero-order valence-electron chi connectivity index (χ0n) is 18.1. The highest BCUT2D eigenvalue weighted by molar-refractivity contribution is 5.46. The van der Waals surface area contributed by atoms with E-state index in [0.29, 0.717) is 0 Å². The number of rotatable bonds is 5. The molecular weight excluding hydrogens is 320 g/mol. The molecule has 0 amide bonds. The normalized spacial score (nSPS) is 12.4. The fourth-order valence-corrected chi connectivity index (χ4v) is 4.51. The van der Waals surface area contributed by atoms with Crippen molar-refractivity contribution in [2.75, 3.05) is 7.11 Å². The minimum Gasteiger partial charge on any atom is -0.483 e. The average Bonchev–Trinajstić information content (AvgIpc) is 2.43. The zero-order chi connectivity index (χ0) is 19.9. The standard InChI is InChI=1S/C24H34O2/c1-15-11-16(2)22(17(3)12-15)24(8,9)26-20-13-18(4)21(19(5)14-20)23(6,7)25-10/h11-14H,1-10H3. The van der Waals surface area contributed by atoms with Crippen LogP contribution in [0.5, 0.6) is 5.75 Å². The van der Waals surface area contributed by atoms with Crippen molar-refractivity contribution in [3.05, 3.63) is 63.2 Å². The molecule has 0 aliphatic rings. The molecule has 0 radical (unpaired) electrons. The maximum Gasteiger partial charge on any atom is 0.129 e. The molecule has 0 N–H and O–H groups in total. The predicted octanol–water partition coefficient (Wildman–Crippen LogP) is 6.42. The summed E-state index contributed by atoms with van der Waals surface area (Å²) in [6.07, 6.45) is 0. The molecule has 2 rings (SSSR count). The van der Waals surface area contributed by atoms with Crippen LogP contribution in [0.1, 0.15) is 66.6 Å². The van der Waals surface area contributed by atoms with Gasteiger partial charge in [0.2, 0.25) is 0 Å². The van der Waals surface area contributed by atoms with E-state index in [0.717, 1.165) is 5.75 Å². The molecule has 0 atom stereocenters. The molecule has 2 aromatic carbocycles. The molecule has 0 aliphatic carbocycles. The smallest absolute Gasteiger partial charge is 0.129 e. The van der Waals surface area contributed by atoms with Crippen LogP contribution >= 0.6 is 0 Å². The Kier molecular flexibility index (Phi) is 5.58. The summed E-state index contributed by atoms with van der Waals surface area (Å²) in [6, 6.07) is 8.72. The number of hydrogen-bond acceptors (Lipinski definition) is 2. The van der Waals surface area contributed by atoms with Gasteiger partial charge in [-0.1, -0.05) is 17.7 Å². The summed E-state index contributed by atoms with van der Waals surface area (Å²) in [4.78, 5) is 0. The van der Waals surface area contributed by atoms with E-state index in [-0.39, 0.29) is 5.60 Å². The third-order valence-corrected chi connectivity index (χ3v) is 5.27. The highest BCUT2D eigenvalue weighted by atomic mass is 16.5. The average molecular weight is 355 g/mol. The molecule has 142 valence electrons. The van der Waals surface area contributed by atoms with Crippen molar-refractivity contribution in [3.8, 4) is 5.75 Å². The first kappa shape index (κ1) is 20.5. The third-order valence-electron chi connectivity index (χ3n) is 5.27. The summed E-state index contributed by atoms with van der Waals surface area (Å²) >= 11 is 0. The summed E-state index contributed by atoms with van der Waals surface area (Å²) in [6.45, 7) is 19.2. The van der Waals surface area contributed by atoms with Gasteiger partial charge in [0.1, 0.15) is 11.4 Å². The second-order valence-electron chi connectivity index (χ2n) is 8.53. The largest absolute Gasteiger partial charge is 0.483 e. The molecular formula is C24H34O2. The number of hydrogen-bond donors (Lipinski definition) is 0. The predicted molar refractivity (Wildman–Crippen MR) is 110 cm³/mol.